The van der Waals surface area contributed by atoms with Crippen LogP contribution in [0.1, 0.15) is 19.8 Å². The second-order valence-corrected chi connectivity index (χ2v) is 5.90. The molecule has 1 aromatic heterocycles. The Labute approximate surface area is 117 Å². The van der Waals surface area contributed by atoms with Crippen molar-refractivity contribution in [1.29, 1.82) is 0 Å². The molecule has 0 bridgehead atoms. The summed E-state index contributed by atoms with van der Waals surface area (Å²) in [5.41, 5.74) is 0. The van der Waals surface area contributed by atoms with E-state index in [0.717, 1.165) is 21.8 Å². The highest BCUT2D eigenvalue weighted by Gasteiger charge is 2.25. The topological polar surface area (TPSA) is 54.0 Å². The van der Waals surface area contributed by atoms with E-state index in [0.29, 0.717) is 11.9 Å². The molecule has 4 nitrogen and oxygen atoms in total. The van der Waals surface area contributed by atoms with Gasteiger partial charge in [-0.2, -0.15) is 0 Å². The molecule has 17 heavy (non-hydrogen) atoms. The molecule has 0 radical (unpaired) electrons. The summed E-state index contributed by atoms with van der Waals surface area (Å²) in [5, 5.41) is 6.03. The summed E-state index contributed by atoms with van der Waals surface area (Å²) in [7, 11) is 0. The molecule has 1 aliphatic rings. The van der Waals surface area contributed by atoms with E-state index >= 15 is 0 Å². The van der Waals surface area contributed by atoms with Gasteiger partial charge in [-0.05, 0) is 57.7 Å². The summed E-state index contributed by atoms with van der Waals surface area (Å²) < 4.78 is 1.72. The number of hydrogen-bond donors (Lipinski definition) is 2. The molecule has 2 N–H and O–H groups in total. The molecule has 1 fully saturated rings. The maximum atomic E-state index is 11.8. The zero-order chi connectivity index (χ0) is 12.4. The van der Waals surface area contributed by atoms with Gasteiger partial charge in [-0.25, -0.2) is 4.98 Å². The Balaban J connectivity index is 1.96. The smallest absolute Gasteiger partial charge is 0.242 e. The van der Waals surface area contributed by atoms with Crippen LogP contribution in [0.2, 0.25) is 0 Å². The summed E-state index contributed by atoms with van der Waals surface area (Å²) in [5.74, 6) is 0.691. The Morgan fingerprint density at radius 2 is 2.24 bits per heavy atom. The number of carbonyl (C=O) groups is 1. The second kappa shape index (κ2) is 5.35. The first-order valence-electron chi connectivity index (χ1n) is 5.44. The molecule has 2 rings (SSSR count). The lowest BCUT2D eigenvalue weighted by Crippen LogP contribution is -2.38. The van der Waals surface area contributed by atoms with Gasteiger partial charge in [0.05, 0.1) is 4.47 Å². The molecule has 1 aliphatic carbocycles. The van der Waals surface area contributed by atoms with Gasteiger partial charge in [0.2, 0.25) is 5.91 Å². The first kappa shape index (κ1) is 12.8. The lowest BCUT2D eigenvalue weighted by atomic mass is 10.3. The molecule has 0 aliphatic heterocycles. The molecule has 1 amide bonds. The highest BCUT2D eigenvalue weighted by molar-refractivity contribution is 9.11. The SMILES string of the molecule is CC(Nc1ncc(Br)cc1Br)C(=O)NC1CC1. The third kappa shape index (κ3) is 3.67. The van der Waals surface area contributed by atoms with Crippen molar-refractivity contribution in [3.8, 4) is 0 Å². The number of carbonyl (C=O) groups excluding carboxylic acids is 1. The summed E-state index contributed by atoms with van der Waals surface area (Å²) >= 11 is 6.73. The number of halogens is 2. The predicted octanol–water partition coefficient (Wildman–Crippen LogP) is 2.69. The van der Waals surface area contributed by atoms with Crippen LogP contribution in [0.4, 0.5) is 5.82 Å². The minimum atomic E-state index is -0.291. The lowest BCUT2D eigenvalue weighted by Gasteiger charge is -2.15. The van der Waals surface area contributed by atoms with Gasteiger partial charge in [-0.15, -0.1) is 0 Å². The largest absolute Gasteiger partial charge is 0.358 e. The van der Waals surface area contributed by atoms with E-state index in [1.54, 1.807) is 6.20 Å². The van der Waals surface area contributed by atoms with Crippen LogP contribution in [0.5, 0.6) is 0 Å². The van der Waals surface area contributed by atoms with Gasteiger partial charge in [-0.3, -0.25) is 4.79 Å². The fourth-order valence-electron chi connectivity index (χ4n) is 1.35. The van der Waals surface area contributed by atoms with E-state index in [9.17, 15) is 4.79 Å². The van der Waals surface area contributed by atoms with Crippen LogP contribution in [0, 0.1) is 0 Å². The van der Waals surface area contributed by atoms with Crippen LogP contribution in [0.15, 0.2) is 21.2 Å². The van der Waals surface area contributed by atoms with Crippen molar-refractivity contribution >= 4 is 43.6 Å². The lowest BCUT2D eigenvalue weighted by molar-refractivity contribution is -0.121. The molecular weight excluding hydrogens is 350 g/mol. The Bertz CT molecular complexity index is 435. The molecule has 1 saturated carbocycles. The van der Waals surface area contributed by atoms with Crippen molar-refractivity contribution in [2.45, 2.75) is 31.8 Å². The van der Waals surface area contributed by atoms with Crippen LogP contribution >= 0.6 is 31.9 Å². The maximum absolute atomic E-state index is 11.8. The molecular formula is C11H13Br2N3O. The molecule has 0 saturated heterocycles. The number of aromatic nitrogens is 1. The van der Waals surface area contributed by atoms with Crippen molar-refractivity contribution in [2.75, 3.05) is 5.32 Å². The van der Waals surface area contributed by atoms with Gasteiger partial charge in [0, 0.05) is 16.7 Å². The van der Waals surface area contributed by atoms with Gasteiger partial charge in [0.25, 0.3) is 0 Å². The minimum Gasteiger partial charge on any atom is -0.358 e. The zero-order valence-electron chi connectivity index (χ0n) is 9.34. The second-order valence-electron chi connectivity index (χ2n) is 4.13. The van der Waals surface area contributed by atoms with Crippen molar-refractivity contribution in [3.05, 3.63) is 21.2 Å². The number of anilines is 1. The first-order chi connectivity index (χ1) is 8.06. The molecule has 0 spiro atoms. The molecule has 1 unspecified atom stereocenters. The molecule has 6 heteroatoms. The van der Waals surface area contributed by atoms with Gasteiger partial charge in [0.1, 0.15) is 11.9 Å². The zero-order valence-corrected chi connectivity index (χ0v) is 12.5. The predicted molar refractivity (Wildman–Crippen MR) is 73.9 cm³/mol. The molecule has 1 atom stereocenters. The van der Waals surface area contributed by atoms with E-state index in [1.165, 1.54) is 0 Å². The van der Waals surface area contributed by atoms with Gasteiger partial charge in [-0.1, -0.05) is 0 Å². The van der Waals surface area contributed by atoms with Crippen molar-refractivity contribution in [2.24, 2.45) is 0 Å². The van der Waals surface area contributed by atoms with E-state index in [-0.39, 0.29) is 11.9 Å². The van der Waals surface area contributed by atoms with E-state index in [2.05, 4.69) is 47.5 Å². The number of nitrogens with zero attached hydrogens (tertiary/aromatic N) is 1. The van der Waals surface area contributed by atoms with E-state index < -0.39 is 0 Å². The summed E-state index contributed by atoms with van der Waals surface area (Å²) in [6, 6.07) is 1.98. The van der Waals surface area contributed by atoms with Crippen LogP contribution in [-0.2, 0) is 4.79 Å². The van der Waals surface area contributed by atoms with Crippen LogP contribution in [0.3, 0.4) is 0 Å². The molecule has 0 aromatic carbocycles. The van der Waals surface area contributed by atoms with Crippen LogP contribution in [0.25, 0.3) is 0 Å². The van der Waals surface area contributed by atoms with E-state index in [1.807, 2.05) is 13.0 Å². The standard InChI is InChI=1S/C11H13Br2N3O/c1-6(11(17)16-8-2-3-8)15-10-9(13)4-7(12)5-14-10/h4-6,8H,2-3H2,1H3,(H,14,15)(H,16,17). The third-order valence-electron chi connectivity index (χ3n) is 2.48. The number of pyridine rings is 1. The van der Waals surface area contributed by atoms with Crippen molar-refractivity contribution in [1.82, 2.24) is 10.3 Å². The maximum Gasteiger partial charge on any atom is 0.242 e. The number of nitrogens with one attached hydrogen (secondary N) is 2. The molecule has 1 aromatic rings. The van der Waals surface area contributed by atoms with Gasteiger partial charge >= 0.3 is 0 Å². The van der Waals surface area contributed by atoms with Crippen molar-refractivity contribution < 1.29 is 4.79 Å². The van der Waals surface area contributed by atoms with E-state index in [4.69, 9.17) is 0 Å². The fourth-order valence-corrected chi connectivity index (χ4v) is 2.45. The monoisotopic (exact) mass is 361 g/mol. The fraction of sp³-hybridized carbons (Fsp3) is 0.455. The average Bonchev–Trinajstić information content (AvgIpc) is 3.06. The van der Waals surface area contributed by atoms with Crippen LogP contribution in [-0.4, -0.2) is 23.0 Å². The summed E-state index contributed by atoms with van der Waals surface area (Å²) in [6.45, 7) is 1.83. The third-order valence-corrected chi connectivity index (χ3v) is 3.52. The number of amides is 1. The highest BCUT2D eigenvalue weighted by Crippen LogP contribution is 2.24. The normalized spacial score (nSPS) is 16.4. The Morgan fingerprint density at radius 3 is 2.82 bits per heavy atom. The number of hydrogen-bond acceptors (Lipinski definition) is 3. The Kier molecular flexibility index (Phi) is 4.04. The van der Waals surface area contributed by atoms with Crippen molar-refractivity contribution in [3.63, 3.8) is 0 Å². The summed E-state index contributed by atoms with van der Waals surface area (Å²) in [4.78, 5) is 16.0. The summed E-state index contributed by atoms with van der Waals surface area (Å²) in [6.07, 6.45) is 3.88. The van der Waals surface area contributed by atoms with Crippen LogP contribution < -0.4 is 10.6 Å². The highest BCUT2D eigenvalue weighted by atomic mass is 79.9. The molecule has 1 heterocycles. The first-order valence-corrected chi connectivity index (χ1v) is 7.03. The Hall–Kier alpha value is -0.620. The average molecular weight is 363 g/mol. The molecule has 92 valence electrons. The Morgan fingerprint density at radius 1 is 1.53 bits per heavy atom. The quantitative estimate of drug-likeness (QED) is 0.865. The van der Waals surface area contributed by atoms with Gasteiger partial charge in [0.15, 0.2) is 0 Å². The van der Waals surface area contributed by atoms with Gasteiger partial charge < -0.3 is 10.6 Å². The minimum absolute atomic E-state index is 0.0177. The number of rotatable bonds is 4.